The molecule has 0 N–H and O–H groups in total. The minimum absolute atomic E-state index is 0.156. The lowest BCUT2D eigenvalue weighted by atomic mass is 9.95. The Labute approximate surface area is 174 Å². The Bertz CT molecular complexity index is 972. The number of benzene rings is 1. The molecule has 4 rings (SSSR count). The third kappa shape index (κ3) is 4.04. The number of imide groups is 1. The van der Waals surface area contributed by atoms with Gasteiger partial charge in [0.25, 0.3) is 11.1 Å². The van der Waals surface area contributed by atoms with Crippen LogP contribution in [0.15, 0.2) is 35.2 Å². The molecule has 2 aliphatic rings. The van der Waals surface area contributed by atoms with Crippen LogP contribution in [0.1, 0.15) is 60.7 Å². The average Bonchev–Trinajstić information content (AvgIpc) is 3.14. The second-order valence-electron chi connectivity index (χ2n) is 7.88. The summed E-state index contributed by atoms with van der Waals surface area (Å²) in [5.41, 5.74) is 4.08. The summed E-state index contributed by atoms with van der Waals surface area (Å²) < 4.78 is 15.5. The first kappa shape index (κ1) is 20.0. The van der Waals surface area contributed by atoms with Gasteiger partial charge in [0.2, 0.25) is 0 Å². The van der Waals surface area contributed by atoms with Crippen molar-refractivity contribution >= 4 is 29.0 Å². The van der Waals surface area contributed by atoms with E-state index in [2.05, 4.69) is 24.5 Å². The average molecular weight is 413 g/mol. The van der Waals surface area contributed by atoms with Crippen LogP contribution in [0.5, 0.6) is 0 Å². The summed E-state index contributed by atoms with van der Waals surface area (Å²) in [5, 5.41) is -0.285. The Morgan fingerprint density at radius 3 is 2.48 bits per heavy atom. The zero-order chi connectivity index (χ0) is 20.5. The van der Waals surface area contributed by atoms with Gasteiger partial charge in [-0.3, -0.25) is 14.5 Å². The predicted octanol–water partition coefficient (Wildman–Crippen LogP) is 5.99. The van der Waals surface area contributed by atoms with Gasteiger partial charge >= 0.3 is 0 Å². The third-order valence-electron chi connectivity index (χ3n) is 5.88. The van der Waals surface area contributed by atoms with Crippen LogP contribution in [0.4, 0.5) is 9.18 Å². The third-order valence-corrected chi connectivity index (χ3v) is 6.78. The number of carbonyl (C=O) groups excluding carboxylic acids is 2. The summed E-state index contributed by atoms with van der Waals surface area (Å²) in [7, 11) is 0. The van der Waals surface area contributed by atoms with Gasteiger partial charge in [0.1, 0.15) is 5.82 Å². The number of carbonyl (C=O) groups is 2. The molecule has 1 aromatic heterocycles. The van der Waals surface area contributed by atoms with Crippen LogP contribution in [0.25, 0.3) is 6.08 Å². The lowest BCUT2D eigenvalue weighted by molar-refractivity contribution is -0.123. The largest absolute Gasteiger partial charge is 0.346 e. The molecule has 1 aliphatic carbocycles. The van der Waals surface area contributed by atoms with E-state index in [9.17, 15) is 14.0 Å². The van der Waals surface area contributed by atoms with E-state index in [4.69, 9.17) is 0 Å². The molecule has 0 unspecified atom stereocenters. The van der Waals surface area contributed by atoms with Crippen LogP contribution >= 0.6 is 11.8 Å². The number of halogens is 1. The van der Waals surface area contributed by atoms with Crippen molar-refractivity contribution in [3.05, 3.63) is 63.6 Å². The lowest BCUT2D eigenvalue weighted by Crippen LogP contribution is -2.27. The molecule has 0 bridgehead atoms. The molecule has 1 aromatic carbocycles. The number of aryl methyl sites for hydroxylation is 1. The van der Waals surface area contributed by atoms with Crippen LogP contribution in [0, 0.1) is 19.7 Å². The van der Waals surface area contributed by atoms with E-state index in [1.165, 1.54) is 54.8 Å². The van der Waals surface area contributed by atoms with E-state index < -0.39 is 0 Å². The SMILES string of the molecule is Cc1cc(/C=C2\SC(=O)N(Cc3ccc(F)cc3)C2=O)c(C)n1C1CCCCC1. The summed E-state index contributed by atoms with van der Waals surface area (Å²) >= 11 is 0.974. The molecule has 0 radical (unpaired) electrons. The molecule has 4 nitrogen and oxygen atoms in total. The van der Waals surface area contributed by atoms with E-state index in [1.54, 1.807) is 12.1 Å². The monoisotopic (exact) mass is 412 g/mol. The van der Waals surface area contributed by atoms with Gasteiger partial charge in [-0.15, -0.1) is 0 Å². The second kappa shape index (κ2) is 8.19. The smallest absolute Gasteiger partial charge is 0.293 e. The number of rotatable bonds is 4. The summed E-state index contributed by atoms with van der Waals surface area (Å²) in [6.45, 7) is 4.36. The van der Waals surface area contributed by atoms with Crippen molar-refractivity contribution in [3.63, 3.8) is 0 Å². The summed E-state index contributed by atoms with van der Waals surface area (Å²) in [4.78, 5) is 26.9. The van der Waals surface area contributed by atoms with Gasteiger partial charge in [0.15, 0.2) is 0 Å². The molecule has 6 heteroatoms. The highest BCUT2D eigenvalue weighted by molar-refractivity contribution is 8.18. The molecule has 152 valence electrons. The fourth-order valence-electron chi connectivity index (χ4n) is 4.40. The van der Waals surface area contributed by atoms with Gasteiger partial charge in [-0.1, -0.05) is 31.4 Å². The second-order valence-corrected chi connectivity index (χ2v) is 8.88. The molecule has 2 amide bonds. The van der Waals surface area contributed by atoms with Crippen LogP contribution in [0.2, 0.25) is 0 Å². The maximum absolute atomic E-state index is 13.1. The predicted molar refractivity (Wildman–Crippen MR) is 114 cm³/mol. The molecule has 0 atom stereocenters. The summed E-state index contributed by atoms with van der Waals surface area (Å²) in [6.07, 6.45) is 8.08. The molecular formula is C23H25FN2O2S. The minimum atomic E-state index is -0.337. The highest BCUT2D eigenvalue weighted by Crippen LogP contribution is 2.36. The number of aromatic nitrogens is 1. The Balaban J connectivity index is 1.56. The van der Waals surface area contributed by atoms with Crippen molar-refractivity contribution in [2.45, 2.75) is 58.5 Å². The minimum Gasteiger partial charge on any atom is -0.346 e. The molecule has 1 saturated carbocycles. The van der Waals surface area contributed by atoms with Gasteiger partial charge in [-0.05, 0) is 73.9 Å². The molecule has 2 aromatic rings. The standard InChI is InChI=1S/C23H25FN2O2S/c1-15-12-18(16(2)26(15)20-6-4-3-5-7-20)13-21-22(27)25(23(28)29-21)14-17-8-10-19(24)11-9-17/h8-13,20H,3-7,14H2,1-2H3/b21-13-. The van der Waals surface area contributed by atoms with Gasteiger partial charge in [0.05, 0.1) is 11.4 Å². The van der Waals surface area contributed by atoms with Gasteiger partial charge < -0.3 is 4.57 Å². The summed E-state index contributed by atoms with van der Waals surface area (Å²) in [5.74, 6) is -0.622. The van der Waals surface area contributed by atoms with E-state index in [1.807, 2.05) is 6.08 Å². The molecule has 1 aliphatic heterocycles. The van der Waals surface area contributed by atoms with Crippen LogP contribution < -0.4 is 0 Å². The van der Waals surface area contributed by atoms with Gasteiger partial charge in [0, 0.05) is 17.4 Å². The van der Waals surface area contributed by atoms with Crippen molar-refractivity contribution in [1.82, 2.24) is 9.47 Å². The van der Waals surface area contributed by atoms with Crippen molar-refractivity contribution in [3.8, 4) is 0 Å². The topological polar surface area (TPSA) is 42.3 Å². The first-order valence-corrected chi connectivity index (χ1v) is 10.9. The first-order chi connectivity index (χ1) is 13.9. The van der Waals surface area contributed by atoms with Crippen LogP contribution in [-0.4, -0.2) is 20.6 Å². The fourth-order valence-corrected chi connectivity index (χ4v) is 5.23. The van der Waals surface area contributed by atoms with Crippen molar-refractivity contribution in [2.75, 3.05) is 0 Å². The van der Waals surface area contributed by atoms with E-state index >= 15 is 0 Å². The molecular weight excluding hydrogens is 387 g/mol. The Kier molecular flexibility index (Phi) is 5.63. The van der Waals surface area contributed by atoms with E-state index in [-0.39, 0.29) is 23.5 Å². The zero-order valence-electron chi connectivity index (χ0n) is 16.8. The fraction of sp³-hybridized carbons (Fsp3) is 0.391. The van der Waals surface area contributed by atoms with Crippen LogP contribution in [-0.2, 0) is 11.3 Å². The number of amides is 2. The summed E-state index contributed by atoms with van der Waals surface area (Å²) in [6, 6.07) is 8.51. The Morgan fingerprint density at radius 2 is 1.79 bits per heavy atom. The van der Waals surface area contributed by atoms with Crippen LogP contribution in [0.3, 0.4) is 0 Å². The number of hydrogen-bond donors (Lipinski definition) is 0. The maximum atomic E-state index is 13.1. The lowest BCUT2D eigenvalue weighted by Gasteiger charge is -2.26. The molecule has 2 fully saturated rings. The number of hydrogen-bond acceptors (Lipinski definition) is 3. The molecule has 1 saturated heterocycles. The normalized spacial score (nSPS) is 19.6. The highest BCUT2D eigenvalue weighted by Gasteiger charge is 2.35. The van der Waals surface area contributed by atoms with E-state index in [0.717, 1.165) is 28.6 Å². The van der Waals surface area contributed by atoms with Crippen molar-refractivity contribution in [2.24, 2.45) is 0 Å². The number of nitrogens with zero attached hydrogens (tertiary/aromatic N) is 2. The van der Waals surface area contributed by atoms with Crippen molar-refractivity contribution < 1.29 is 14.0 Å². The highest BCUT2D eigenvalue weighted by atomic mass is 32.2. The Hall–Kier alpha value is -2.34. The number of thioether (sulfide) groups is 1. The Morgan fingerprint density at radius 1 is 1.10 bits per heavy atom. The van der Waals surface area contributed by atoms with E-state index in [0.29, 0.717) is 10.9 Å². The zero-order valence-corrected chi connectivity index (χ0v) is 17.6. The maximum Gasteiger partial charge on any atom is 0.293 e. The van der Waals surface area contributed by atoms with Gasteiger partial charge in [-0.2, -0.15) is 0 Å². The van der Waals surface area contributed by atoms with Gasteiger partial charge in [-0.25, -0.2) is 4.39 Å². The molecule has 0 spiro atoms. The molecule has 29 heavy (non-hydrogen) atoms. The quantitative estimate of drug-likeness (QED) is 0.580. The first-order valence-electron chi connectivity index (χ1n) is 10.1. The van der Waals surface area contributed by atoms with Crippen molar-refractivity contribution in [1.29, 1.82) is 0 Å². The molecule has 2 heterocycles.